The van der Waals surface area contributed by atoms with Gasteiger partial charge in [0, 0.05) is 0 Å². The number of carboxylic acid groups (broad SMARTS) is 1. The summed E-state index contributed by atoms with van der Waals surface area (Å²) in [6, 6.07) is -0.493. The van der Waals surface area contributed by atoms with E-state index >= 15 is 0 Å². The molecule has 3 N–H and O–H groups in total. The predicted molar refractivity (Wildman–Crippen MR) is 47.5 cm³/mol. The second kappa shape index (κ2) is 3.68. The standard InChI is InChI=1S/C6H11N3O2S/c1-4(5(10)11)9-2-7-6(12)8-3-9/h4H,2-3H2,1H3,(H,10,11)(H2,7,8,12)/t4-/m0/s1. The van der Waals surface area contributed by atoms with E-state index in [4.69, 9.17) is 17.3 Å². The molecule has 1 heterocycles. The Morgan fingerprint density at radius 2 is 2.17 bits per heavy atom. The summed E-state index contributed by atoms with van der Waals surface area (Å²) < 4.78 is 0. The summed E-state index contributed by atoms with van der Waals surface area (Å²) in [6.45, 7) is 2.61. The van der Waals surface area contributed by atoms with Gasteiger partial charge in [0.1, 0.15) is 6.04 Å². The number of hydrogen-bond acceptors (Lipinski definition) is 3. The van der Waals surface area contributed by atoms with Crippen molar-refractivity contribution in [3.63, 3.8) is 0 Å². The molecule has 1 atom stereocenters. The Morgan fingerprint density at radius 3 is 2.58 bits per heavy atom. The molecular weight excluding hydrogens is 178 g/mol. The van der Waals surface area contributed by atoms with Gasteiger partial charge in [-0.05, 0) is 19.1 Å². The minimum absolute atomic E-state index is 0.485. The number of hydrogen-bond donors (Lipinski definition) is 3. The molecule has 0 radical (unpaired) electrons. The first-order valence-corrected chi connectivity index (χ1v) is 4.00. The highest BCUT2D eigenvalue weighted by Crippen LogP contribution is 1.98. The topological polar surface area (TPSA) is 64.6 Å². The van der Waals surface area contributed by atoms with E-state index in [0.29, 0.717) is 18.4 Å². The van der Waals surface area contributed by atoms with Gasteiger partial charge in [0.2, 0.25) is 0 Å². The SMILES string of the molecule is C[C@@H](C(=O)O)N1CNC(=S)NC1. The third-order valence-corrected chi connectivity index (χ3v) is 2.08. The summed E-state index contributed by atoms with van der Waals surface area (Å²) in [5, 5.41) is 14.9. The van der Waals surface area contributed by atoms with Gasteiger partial charge in [-0.25, -0.2) is 0 Å². The van der Waals surface area contributed by atoms with E-state index in [2.05, 4.69) is 10.6 Å². The van der Waals surface area contributed by atoms with Crippen LogP contribution in [0, 0.1) is 0 Å². The van der Waals surface area contributed by atoms with Crippen LogP contribution in [0.15, 0.2) is 0 Å². The Bertz CT molecular complexity index is 199. The molecule has 0 amide bonds. The highest BCUT2D eigenvalue weighted by Gasteiger charge is 2.22. The molecule has 1 aliphatic rings. The van der Waals surface area contributed by atoms with Gasteiger partial charge in [0.05, 0.1) is 13.3 Å². The van der Waals surface area contributed by atoms with Crippen LogP contribution in [-0.2, 0) is 4.79 Å². The highest BCUT2D eigenvalue weighted by atomic mass is 32.1. The average molecular weight is 189 g/mol. The fourth-order valence-electron chi connectivity index (χ4n) is 0.895. The number of carboxylic acids is 1. The molecule has 0 spiro atoms. The predicted octanol–water partition coefficient (Wildman–Crippen LogP) is -0.846. The van der Waals surface area contributed by atoms with Gasteiger partial charge in [0.15, 0.2) is 5.11 Å². The third kappa shape index (κ3) is 2.05. The van der Waals surface area contributed by atoms with Gasteiger partial charge < -0.3 is 15.7 Å². The number of aliphatic carboxylic acids is 1. The minimum Gasteiger partial charge on any atom is -0.480 e. The Balaban J connectivity index is 2.44. The van der Waals surface area contributed by atoms with Crippen LogP contribution in [0.5, 0.6) is 0 Å². The van der Waals surface area contributed by atoms with Gasteiger partial charge in [-0.3, -0.25) is 9.69 Å². The Labute approximate surface area is 75.7 Å². The lowest BCUT2D eigenvalue weighted by atomic mass is 10.3. The van der Waals surface area contributed by atoms with Crippen LogP contribution in [0.2, 0.25) is 0 Å². The molecule has 68 valence electrons. The molecule has 1 aliphatic heterocycles. The van der Waals surface area contributed by atoms with E-state index in [9.17, 15) is 4.79 Å². The first-order chi connectivity index (χ1) is 5.61. The van der Waals surface area contributed by atoms with E-state index in [0.717, 1.165) is 0 Å². The number of carbonyl (C=O) groups is 1. The van der Waals surface area contributed by atoms with Crippen molar-refractivity contribution in [1.82, 2.24) is 15.5 Å². The van der Waals surface area contributed by atoms with Gasteiger partial charge in [-0.15, -0.1) is 0 Å². The van der Waals surface area contributed by atoms with Crippen LogP contribution >= 0.6 is 12.2 Å². The van der Waals surface area contributed by atoms with Crippen molar-refractivity contribution in [1.29, 1.82) is 0 Å². The maximum atomic E-state index is 10.6. The largest absolute Gasteiger partial charge is 0.480 e. The third-order valence-electron chi connectivity index (χ3n) is 1.79. The molecule has 0 aliphatic carbocycles. The fraction of sp³-hybridized carbons (Fsp3) is 0.667. The second-order valence-electron chi connectivity index (χ2n) is 2.60. The quantitative estimate of drug-likeness (QED) is 0.492. The van der Waals surface area contributed by atoms with Crippen LogP contribution in [-0.4, -0.2) is 40.5 Å². The summed E-state index contributed by atoms with van der Waals surface area (Å²) in [5.74, 6) is -0.827. The van der Waals surface area contributed by atoms with Crippen molar-refractivity contribution >= 4 is 23.3 Å². The number of rotatable bonds is 2. The van der Waals surface area contributed by atoms with Crippen molar-refractivity contribution in [2.24, 2.45) is 0 Å². The lowest BCUT2D eigenvalue weighted by Gasteiger charge is -2.31. The van der Waals surface area contributed by atoms with Crippen LogP contribution < -0.4 is 10.6 Å². The molecule has 0 bridgehead atoms. The molecule has 1 saturated heterocycles. The zero-order valence-electron chi connectivity index (χ0n) is 6.70. The summed E-state index contributed by atoms with van der Waals surface area (Å²) in [4.78, 5) is 12.3. The molecule has 6 heteroatoms. The Morgan fingerprint density at radius 1 is 1.67 bits per heavy atom. The van der Waals surface area contributed by atoms with Crippen LogP contribution in [0.25, 0.3) is 0 Å². The van der Waals surface area contributed by atoms with Crippen molar-refractivity contribution in [3.05, 3.63) is 0 Å². The smallest absolute Gasteiger partial charge is 0.320 e. The van der Waals surface area contributed by atoms with Crippen LogP contribution in [0.1, 0.15) is 6.92 Å². The fourth-order valence-corrected chi connectivity index (χ4v) is 1.02. The molecule has 0 saturated carbocycles. The Kier molecular flexibility index (Phi) is 2.83. The number of thiocarbonyl (C=S) groups is 1. The molecule has 1 rings (SSSR count). The molecular formula is C6H11N3O2S. The lowest BCUT2D eigenvalue weighted by Crippen LogP contribution is -2.57. The molecule has 1 fully saturated rings. The molecule has 5 nitrogen and oxygen atoms in total. The minimum atomic E-state index is -0.827. The van der Waals surface area contributed by atoms with Gasteiger partial charge >= 0.3 is 5.97 Å². The average Bonchev–Trinajstić information content (AvgIpc) is 2.04. The van der Waals surface area contributed by atoms with Crippen LogP contribution in [0.4, 0.5) is 0 Å². The zero-order chi connectivity index (χ0) is 9.14. The zero-order valence-corrected chi connectivity index (χ0v) is 7.52. The van der Waals surface area contributed by atoms with Crippen molar-refractivity contribution in [3.8, 4) is 0 Å². The molecule has 0 aromatic heterocycles. The first kappa shape index (κ1) is 9.21. The number of nitrogens with one attached hydrogen (secondary N) is 2. The monoisotopic (exact) mass is 189 g/mol. The van der Waals surface area contributed by atoms with Crippen molar-refractivity contribution in [2.45, 2.75) is 13.0 Å². The maximum absolute atomic E-state index is 10.6. The molecule has 0 aromatic carbocycles. The molecule has 0 aromatic rings. The molecule has 0 unspecified atom stereocenters. The summed E-state index contributed by atoms with van der Waals surface area (Å²) in [7, 11) is 0. The highest BCUT2D eigenvalue weighted by molar-refractivity contribution is 7.80. The van der Waals surface area contributed by atoms with E-state index in [-0.39, 0.29) is 0 Å². The normalized spacial score (nSPS) is 20.9. The number of nitrogens with zero attached hydrogens (tertiary/aromatic N) is 1. The maximum Gasteiger partial charge on any atom is 0.320 e. The summed E-state index contributed by atoms with van der Waals surface area (Å²) >= 11 is 4.81. The van der Waals surface area contributed by atoms with Crippen molar-refractivity contribution < 1.29 is 9.90 Å². The van der Waals surface area contributed by atoms with Gasteiger partial charge in [0.25, 0.3) is 0 Å². The first-order valence-electron chi connectivity index (χ1n) is 3.60. The van der Waals surface area contributed by atoms with Crippen molar-refractivity contribution in [2.75, 3.05) is 13.3 Å². The van der Waals surface area contributed by atoms with E-state index in [1.807, 2.05) is 0 Å². The summed E-state index contributed by atoms with van der Waals surface area (Å²) in [6.07, 6.45) is 0. The second-order valence-corrected chi connectivity index (χ2v) is 3.01. The van der Waals surface area contributed by atoms with E-state index < -0.39 is 12.0 Å². The van der Waals surface area contributed by atoms with Crippen LogP contribution in [0.3, 0.4) is 0 Å². The summed E-state index contributed by atoms with van der Waals surface area (Å²) in [5.41, 5.74) is 0. The van der Waals surface area contributed by atoms with E-state index in [1.165, 1.54) is 0 Å². The lowest BCUT2D eigenvalue weighted by molar-refractivity contribution is -0.142. The Hall–Kier alpha value is -0.880. The van der Waals surface area contributed by atoms with E-state index in [1.54, 1.807) is 11.8 Å². The molecule has 12 heavy (non-hydrogen) atoms. The van der Waals surface area contributed by atoms with Gasteiger partial charge in [-0.2, -0.15) is 0 Å². The van der Waals surface area contributed by atoms with Gasteiger partial charge in [-0.1, -0.05) is 0 Å².